The summed E-state index contributed by atoms with van der Waals surface area (Å²) >= 11 is 0. The van der Waals surface area contributed by atoms with Crippen LogP contribution in [0.25, 0.3) is 6.08 Å². The third-order valence-corrected chi connectivity index (χ3v) is 4.56. The van der Waals surface area contributed by atoms with Gasteiger partial charge in [-0.05, 0) is 37.5 Å². The van der Waals surface area contributed by atoms with Crippen LogP contribution in [-0.4, -0.2) is 34.4 Å². The summed E-state index contributed by atoms with van der Waals surface area (Å²) in [7, 11) is 1.36. The molecule has 0 radical (unpaired) electrons. The zero-order chi connectivity index (χ0) is 19.9. The van der Waals surface area contributed by atoms with E-state index in [-0.39, 0.29) is 12.4 Å². The number of aliphatic hydroxyl groups excluding tert-OH is 2. The number of unbranched alkanes of at least 4 members (excludes halogenated alkanes) is 5. The van der Waals surface area contributed by atoms with E-state index in [1.54, 1.807) is 18.2 Å². The molecule has 0 aliphatic rings. The molecule has 5 heteroatoms. The number of pyridine rings is 1. The number of hydrogen-bond donors (Lipinski definition) is 2. The number of aromatic nitrogens is 1. The van der Waals surface area contributed by atoms with Crippen LogP contribution in [0.1, 0.15) is 88.6 Å². The van der Waals surface area contributed by atoms with Gasteiger partial charge in [0.15, 0.2) is 0 Å². The van der Waals surface area contributed by atoms with E-state index in [0.717, 1.165) is 19.3 Å². The van der Waals surface area contributed by atoms with E-state index >= 15 is 0 Å². The first-order valence-electron chi connectivity index (χ1n) is 10.1. The van der Waals surface area contributed by atoms with Gasteiger partial charge in [0, 0.05) is 6.42 Å². The van der Waals surface area contributed by atoms with Crippen LogP contribution < -0.4 is 0 Å². The van der Waals surface area contributed by atoms with E-state index in [9.17, 15) is 15.0 Å². The standard InChI is InChI=1S/C22H35NO4/c1-3-4-5-6-7-8-12-19(24)17-16-18-11-9-13-20(23-18)21(25)14-10-15-22(26)27-2/h9,11,13,16-17,19,21,24-25H,3-8,10,12,14-15H2,1-2H3/b17-16+. The Morgan fingerprint density at radius 3 is 2.59 bits per heavy atom. The van der Waals surface area contributed by atoms with E-state index < -0.39 is 12.2 Å². The highest BCUT2D eigenvalue weighted by Crippen LogP contribution is 2.18. The summed E-state index contributed by atoms with van der Waals surface area (Å²) < 4.78 is 4.59. The summed E-state index contributed by atoms with van der Waals surface area (Å²) in [5, 5.41) is 20.3. The van der Waals surface area contributed by atoms with Crippen molar-refractivity contribution in [3.63, 3.8) is 0 Å². The topological polar surface area (TPSA) is 79.7 Å². The molecule has 0 saturated carbocycles. The Bertz CT molecular complexity index is 559. The Hall–Kier alpha value is -1.72. The van der Waals surface area contributed by atoms with Crippen molar-refractivity contribution in [1.82, 2.24) is 4.98 Å². The van der Waals surface area contributed by atoms with E-state index in [1.807, 2.05) is 12.1 Å². The van der Waals surface area contributed by atoms with E-state index in [2.05, 4.69) is 16.6 Å². The van der Waals surface area contributed by atoms with Crippen LogP contribution in [0.5, 0.6) is 0 Å². The van der Waals surface area contributed by atoms with Crippen LogP contribution in [0.3, 0.4) is 0 Å². The number of carbonyl (C=O) groups excluding carboxylic acids is 1. The van der Waals surface area contributed by atoms with E-state index in [1.165, 1.54) is 32.8 Å². The average molecular weight is 378 g/mol. The minimum absolute atomic E-state index is 0.272. The van der Waals surface area contributed by atoms with Gasteiger partial charge in [-0.25, -0.2) is 0 Å². The average Bonchev–Trinajstić information content (AvgIpc) is 2.69. The van der Waals surface area contributed by atoms with Gasteiger partial charge < -0.3 is 14.9 Å². The summed E-state index contributed by atoms with van der Waals surface area (Å²) in [4.78, 5) is 15.5. The third-order valence-electron chi connectivity index (χ3n) is 4.56. The summed E-state index contributed by atoms with van der Waals surface area (Å²) in [6.07, 6.45) is 11.7. The molecule has 0 aliphatic carbocycles. The molecule has 0 fully saturated rings. The van der Waals surface area contributed by atoms with Crippen molar-refractivity contribution < 1.29 is 19.7 Å². The third kappa shape index (κ3) is 10.9. The Labute approximate surface area is 163 Å². The Kier molecular flexibility index (Phi) is 12.4. The Balaban J connectivity index is 2.39. The molecule has 2 N–H and O–H groups in total. The second kappa shape index (κ2) is 14.4. The summed E-state index contributed by atoms with van der Waals surface area (Å²) in [5.74, 6) is -0.272. The van der Waals surface area contributed by atoms with Crippen LogP contribution >= 0.6 is 0 Å². The molecule has 1 rings (SSSR count). The van der Waals surface area contributed by atoms with Gasteiger partial charge in [0.2, 0.25) is 0 Å². The number of carbonyl (C=O) groups is 1. The number of ether oxygens (including phenoxy) is 1. The van der Waals surface area contributed by atoms with Gasteiger partial charge in [-0.15, -0.1) is 0 Å². The van der Waals surface area contributed by atoms with Crippen LogP contribution in [0.2, 0.25) is 0 Å². The van der Waals surface area contributed by atoms with Crippen LogP contribution in [-0.2, 0) is 9.53 Å². The number of aliphatic hydroxyl groups is 2. The van der Waals surface area contributed by atoms with E-state index in [0.29, 0.717) is 24.2 Å². The zero-order valence-electron chi connectivity index (χ0n) is 16.8. The first kappa shape index (κ1) is 23.3. The number of methoxy groups -OCH3 is 1. The van der Waals surface area contributed by atoms with Gasteiger partial charge >= 0.3 is 5.97 Å². The molecule has 0 amide bonds. The zero-order valence-corrected chi connectivity index (χ0v) is 16.8. The summed E-state index contributed by atoms with van der Waals surface area (Å²) in [6, 6.07) is 5.46. The largest absolute Gasteiger partial charge is 0.469 e. The second-order valence-corrected chi connectivity index (χ2v) is 6.95. The molecule has 27 heavy (non-hydrogen) atoms. The number of hydrogen-bond acceptors (Lipinski definition) is 5. The maximum atomic E-state index is 11.1. The molecule has 1 aromatic heterocycles. The molecular formula is C22H35NO4. The molecule has 5 nitrogen and oxygen atoms in total. The maximum Gasteiger partial charge on any atom is 0.305 e. The van der Waals surface area contributed by atoms with Gasteiger partial charge in [0.25, 0.3) is 0 Å². The fourth-order valence-electron chi connectivity index (χ4n) is 2.88. The number of esters is 1. The first-order chi connectivity index (χ1) is 13.1. The molecule has 0 aliphatic heterocycles. The van der Waals surface area contributed by atoms with Crippen molar-refractivity contribution in [2.75, 3.05) is 7.11 Å². The molecule has 152 valence electrons. The Morgan fingerprint density at radius 1 is 1.11 bits per heavy atom. The van der Waals surface area contributed by atoms with E-state index in [4.69, 9.17) is 0 Å². The minimum atomic E-state index is -0.712. The molecule has 0 spiro atoms. The monoisotopic (exact) mass is 377 g/mol. The molecular weight excluding hydrogens is 342 g/mol. The number of nitrogens with zero attached hydrogens (tertiary/aromatic N) is 1. The van der Waals surface area contributed by atoms with Crippen LogP contribution in [0.15, 0.2) is 24.3 Å². The lowest BCUT2D eigenvalue weighted by Crippen LogP contribution is -2.05. The SMILES string of the molecule is CCCCCCCCC(O)/C=C/c1cccc(C(O)CCCC(=O)OC)n1. The van der Waals surface area contributed by atoms with Crippen LogP contribution in [0, 0.1) is 0 Å². The van der Waals surface area contributed by atoms with Crippen molar-refractivity contribution in [2.24, 2.45) is 0 Å². The molecule has 0 bridgehead atoms. The fourth-order valence-corrected chi connectivity index (χ4v) is 2.88. The summed E-state index contributed by atoms with van der Waals surface area (Å²) in [5.41, 5.74) is 1.29. The molecule has 2 unspecified atom stereocenters. The van der Waals surface area contributed by atoms with Crippen molar-refractivity contribution in [3.8, 4) is 0 Å². The molecule has 0 saturated heterocycles. The van der Waals surface area contributed by atoms with Gasteiger partial charge in [-0.2, -0.15) is 0 Å². The lowest BCUT2D eigenvalue weighted by Gasteiger charge is -2.10. The highest BCUT2D eigenvalue weighted by atomic mass is 16.5. The Morgan fingerprint density at radius 2 is 1.85 bits per heavy atom. The van der Waals surface area contributed by atoms with Crippen molar-refractivity contribution in [2.45, 2.75) is 83.3 Å². The van der Waals surface area contributed by atoms with Gasteiger partial charge in [-0.3, -0.25) is 9.78 Å². The smallest absolute Gasteiger partial charge is 0.305 e. The fraction of sp³-hybridized carbons (Fsp3) is 0.636. The highest BCUT2D eigenvalue weighted by Gasteiger charge is 2.11. The number of rotatable bonds is 14. The maximum absolute atomic E-state index is 11.1. The first-order valence-corrected chi connectivity index (χ1v) is 10.1. The van der Waals surface area contributed by atoms with Crippen LogP contribution in [0.4, 0.5) is 0 Å². The van der Waals surface area contributed by atoms with Gasteiger partial charge in [0.1, 0.15) is 0 Å². The lowest BCUT2D eigenvalue weighted by atomic mass is 10.1. The molecule has 2 atom stereocenters. The van der Waals surface area contributed by atoms with Crippen molar-refractivity contribution in [1.29, 1.82) is 0 Å². The minimum Gasteiger partial charge on any atom is -0.469 e. The molecule has 1 heterocycles. The predicted octanol–water partition coefficient (Wildman–Crippen LogP) is 4.58. The molecule has 1 aromatic rings. The predicted molar refractivity (Wildman–Crippen MR) is 108 cm³/mol. The second-order valence-electron chi connectivity index (χ2n) is 6.95. The van der Waals surface area contributed by atoms with Gasteiger partial charge in [-0.1, -0.05) is 57.6 Å². The van der Waals surface area contributed by atoms with Gasteiger partial charge in [0.05, 0.1) is 30.7 Å². The van der Waals surface area contributed by atoms with Crippen molar-refractivity contribution in [3.05, 3.63) is 35.7 Å². The molecule has 0 aromatic carbocycles. The summed E-state index contributed by atoms with van der Waals surface area (Å²) in [6.45, 7) is 2.21. The van der Waals surface area contributed by atoms with Crippen molar-refractivity contribution >= 4 is 12.0 Å². The normalized spacial score (nSPS) is 13.6. The quantitative estimate of drug-likeness (QED) is 0.366. The lowest BCUT2D eigenvalue weighted by molar-refractivity contribution is -0.140. The highest BCUT2D eigenvalue weighted by molar-refractivity contribution is 5.68.